The van der Waals surface area contributed by atoms with Crippen molar-refractivity contribution in [3.63, 3.8) is 0 Å². The van der Waals surface area contributed by atoms with E-state index >= 15 is 0 Å². The summed E-state index contributed by atoms with van der Waals surface area (Å²) in [5.74, 6) is -0.562. The van der Waals surface area contributed by atoms with Crippen molar-refractivity contribution < 1.29 is 22.9 Å². The summed E-state index contributed by atoms with van der Waals surface area (Å²) in [4.78, 5) is 20.1. The molecule has 0 saturated heterocycles. The largest absolute Gasteiger partial charge is 0.506 e. The molecule has 60 heavy (non-hydrogen) atoms. The molecule has 5 N–H and O–H groups in total. The molecule has 286 valence electrons. The summed E-state index contributed by atoms with van der Waals surface area (Å²) in [7, 11) is -4.65. The molecule has 0 amide bonds. The minimum absolute atomic E-state index is 0.0752. The molecule has 0 saturated carbocycles. The van der Waals surface area contributed by atoms with Crippen molar-refractivity contribution in [2.75, 3.05) is 16.0 Å². The maximum absolute atomic E-state index is 14.9. The number of hydrogen-bond donors (Lipinski definition) is 5. The highest BCUT2D eigenvalue weighted by Gasteiger charge is 2.49. The van der Waals surface area contributed by atoms with Gasteiger partial charge in [0.15, 0.2) is 11.3 Å². The Balaban J connectivity index is 1.08. The van der Waals surface area contributed by atoms with Crippen LogP contribution in [0, 0.1) is 0 Å². The summed E-state index contributed by atoms with van der Waals surface area (Å²) < 4.78 is 35.8. The summed E-state index contributed by atoms with van der Waals surface area (Å²) in [5.41, 5.74) is 9.02. The lowest BCUT2D eigenvalue weighted by Crippen LogP contribution is -2.45. The highest BCUT2D eigenvalue weighted by atomic mass is 32.2. The molecule has 9 nitrogen and oxygen atoms in total. The van der Waals surface area contributed by atoms with Crippen molar-refractivity contribution in [1.82, 2.24) is 0 Å². The van der Waals surface area contributed by atoms with E-state index in [1.54, 1.807) is 18.2 Å². The first-order valence-electron chi connectivity index (χ1n) is 19.6. The van der Waals surface area contributed by atoms with E-state index in [0.717, 1.165) is 61.0 Å². The second kappa shape index (κ2) is 11.1. The average Bonchev–Trinajstić information content (AvgIpc) is 3.68. The minimum atomic E-state index is -4.65. The SMILES string of the molecule is O=C1C(c2ccc3cccc4c3c2NC2(N4)c3ccccc3-c3ccccc32)=C(O)C1=c1ccc2c(S(=O)(=O)O)ccc3c2c1=NC1(N3)c2ccccc2-c2ccccc21. The fourth-order valence-electron chi connectivity index (χ4n) is 10.6. The van der Waals surface area contributed by atoms with E-state index in [1.165, 1.54) is 6.07 Å². The summed E-state index contributed by atoms with van der Waals surface area (Å²) >= 11 is 0. The number of carbonyl (C=O) groups excluding carboxylic acids is 1. The van der Waals surface area contributed by atoms with Gasteiger partial charge >= 0.3 is 0 Å². The zero-order valence-electron chi connectivity index (χ0n) is 31.4. The first-order chi connectivity index (χ1) is 29.2. The van der Waals surface area contributed by atoms with Crippen LogP contribution >= 0.6 is 0 Å². The lowest BCUT2D eigenvalue weighted by Gasteiger charge is -2.41. The van der Waals surface area contributed by atoms with E-state index in [0.29, 0.717) is 32.9 Å². The predicted molar refractivity (Wildman–Crippen MR) is 233 cm³/mol. The minimum Gasteiger partial charge on any atom is -0.506 e. The summed E-state index contributed by atoms with van der Waals surface area (Å²) in [6.07, 6.45) is 0. The Hall–Kier alpha value is -7.53. The van der Waals surface area contributed by atoms with Crippen LogP contribution in [-0.4, -0.2) is 23.9 Å². The number of carbonyl (C=O) groups is 1. The van der Waals surface area contributed by atoms with Gasteiger partial charge in [-0.3, -0.25) is 9.35 Å². The van der Waals surface area contributed by atoms with Gasteiger partial charge in [-0.15, -0.1) is 0 Å². The van der Waals surface area contributed by atoms with Crippen LogP contribution in [0.4, 0.5) is 17.1 Å². The zero-order chi connectivity index (χ0) is 40.3. The van der Waals surface area contributed by atoms with Gasteiger partial charge in [0.1, 0.15) is 10.7 Å². The molecule has 0 atom stereocenters. The van der Waals surface area contributed by atoms with Crippen LogP contribution in [0.5, 0.6) is 0 Å². The van der Waals surface area contributed by atoms with Gasteiger partial charge in [0.25, 0.3) is 10.1 Å². The summed E-state index contributed by atoms with van der Waals surface area (Å²) in [6, 6.07) is 48.6. The van der Waals surface area contributed by atoms with E-state index in [9.17, 15) is 22.9 Å². The van der Waals surface area contributed by atoms with Crippen molar-refractivity contribution >= 4 is 65.7 Å². The monoisotopic (exact) mass is 798 g/mol. The second-order valence-electron chi connectivity index (χ2n) is 15.9. The van der Waals surface area contributed by atoms with Gasteiger partial charge in [0.05, 0.1) is 22.2 Å². The first kappa shape index (κ1) is 33.4. The number of rotatable bonds is 2. The van der Waals surface area contributed by atoms with E-state index in [1.807, 2.05) is 103 Å². The first-order valence-corrected chi connectivity index (χ1v) is 21.1. The highest BCUT2D eigenvalue weighted by Crippen LogP contribution is 2.56. The van der Waals surface area contributed by atoms with Gasteiger partial charge in [0.2, 0.25) is 5.78 Å². The van der Waals surface area contributed by atoms with Gasteiger partial charge in [-0.2, -0.15) is 8.42 Å². The van der Waals surface area contributed by atoms with Crippen LogP contribution < -0.4 is 26.5 Å². The Morgan fingerprint density at radius 1 is 0.533 bits per heavy atom. The van der Waals surface area contributed by atoms with Crippen molar-refractivity contribution in [3.8, 4) is 22.3 Å². The van der Waals surface area contributed by atoms with Crippen molar-refractivity contribution in [3.05, 3.63) is 196 Å². The molecule has 0 bridgehead atoms. The third-order valence-electron chi connectivity index (χ3n) is 13.0. The maximum Gasteiger partial charge on any atom is 0.295 e. The van der Waals surface area contributed by atoms with Crippen LogP contribution in [0.15, 0.2) is 167 Å². The number of allylic oxidation sites excluding steroid dienone is 2. The number of aliphatic hydroxyl groups is 1. The normalized spacial score (nSPS) is 17.6. The number of ketones is 1. The molecule has 0 radical (unpaired) electrons. The van der Waals surface area contributed by atoms with Crippen molar-refractivity contribution in [2.24, 2.45) is 4.99 Å². The number of nitrogens with zero attached hydrogens (tertiary/aromatic N) is 1. The number of fused-ring (bicyclic) bond motifs is 10. The van der Waals surface area contributed by atoms with Gasteiger partial charge < -0.3 is 21.1 Å². The Bertz CT molecular complexity index is 3580. The van der Waals surface area contributed by atoms with E-state index in [-0.39, 0.29) is 33.0 Å². The predicted octanol–water partition coefficient (Wildman–Crippen LogP) is 8.59. The molecule has 0 aromatic heterocycles. The van der Waals surface area contributed by atoms with Gasteiger partial charge in [-0.25, -0.2) is 4.99 Å². The third-order valence-corrected chi connectivity index (χ3v) is 13.9. The fourth-order valence-corrected chi connectivity index (χ4v) is 11.2. The lowest BCUT2D eigenvalue weighted by molar-refractivity contribution is -0.109. The van der Waals surface area contributed by atoms with Crippen molar-refractivity contribution in [2.45, 2.75) is 16.2 Å². The number of hydrogen-bond acceptors (Lipinski definition) is 8. The summed E-state index contributed by atoms with van der Waals surface area (Å²) in [6.45, 7) is 0. The number of aliphatic hydroxyl groups excluding tert-OH is 1. The third kappa shape index (κ3) is 4.01. The molecule has 5 aliphatic rings. The molecule has 10 heteroatoms. The quantitative estimate of drug-likeness (QED) is 0.110. The number of benzene rings is 8. The van der Waals surface area contributed by atoms with E-state index in [2.05, 4.69) is 40.2 Å². The fraction of sp³-hybridized carbons (Fsp3) is 0.0400. The Labute approximate surface area is 342 Å². The number of anilines is 3. The Morgan fingerprint density at radius 3 is 1.77 bits per heavy atom. The molecular formula is C50H30N4O5S. The van der Waals surface area contributed by atoms with E-state index in [4.69, 9.17) is 4.99 Å². The zero-order valence-corrected chi connectivity index (χ0v) is 32.2. The number of Topliss-reactive ketones (excluding diaryl/α,β-unsaturated/α-hetero) is 1. The lowest BCUT2D eigenvalue weighted by atomic mass is 9.79. The molecule has 13 rings (SSSR count). The smallest absolute Gasteiger partial charge is 0.295 e. The van der Waals surface area contributed by atoms with Crippen LogP contribution in [0.25, 0.3) is 54.9 Å². The van der Waals surface area contributed by atoms with Gasteiger partial charge in [0, 0.05) is 60.6 Å². The second-order valence-corrected chi connectivity index (χ2v) is 17.3. The molecule has 8 aromatic carbocycles. The standard InChI is InChI=1S/C50H30N4O5S/c55-47-43(32-21-20-26-10-9-19-38-41(26)45(32)53-49(51-38)34-15-5-1-11-27(34)28-12-2-6-16-35(28)49)48(56)44(47)33-23-22-31-40(60(57,58)59)25-24-39-42(31)46(33)54-50(52-39)36-17-7-3-13-29(36)30-14-4-8-18-37(30)50/h1-25,51-53,55H,(H,57,58,59). The molecule has 0 unspecified atom stereocenters. The molecule has 3 aliphatic carbocycles. The molecule has 0 fully saturated rings. The topological polar surface area (TPSA) is 140 Å². The van der Waals surface area contributed by atoms with Crippen LogP contribution in [0.3, 0.4) is 0 Å². The van der Waals surface area contributed by atoms with Gasteiger partial charge in [-0.05, 0) is 45.8 Å². The van der Waals surface area contributed by atoms with Gasteiger partial charge in [-0.1, -0.05) is 133 Å². The van der Waals surface area contributed by atoms with Crippen LogP contribution in [0.1, 0.15) is 27.8 Å². The average molecular weight is 799 g/mol. The number of nitrogens with one attached hydrogen (secondary N) is 3. The van der Waals surface area contributed by atoms with Crippen molar-refractivity contribution in [1.29, 1.82) is 0 Å². The molecule has 2 aliphatic heterocycles. The molecule has 2 heterocycles. The Morgan fingerprint density at radius 2 is 1.13 bits per heavy atom. The maximum atomic E-state index is 14.9. The van der Waals surface area contributed by atoms with Crippen LogP contribution in [-0.2, 0) is 26.2 Å². The Kier molecular flexibility index (Phi) is 6.21. The molecule has 2 spiro atoms. The van der Waals surface area contributed by atoms with Crippen LogP contribution in [0.2, 0.25) is 0 Å². The van der Waals surface area contributed by atoms with E-state index < -0.39 is 21.4 Å². The molecule has 8 aromatic rings. The highest BCUT2D eigenvalue weighted by molar-refractivity contribution is 7.86. The molecular weight excluding hydrogens is 769 g/mol. The summed E-state index contributed by atoms with van der Waals surface area (Å²) in [5, 5.41) is 26.9.